The van der Waals surface area contributed by atoms with Crippen molar-refractivity contribution in [1.82, 2.24) is 24.9 Å². The molecule has 0 amide bonds. The zero-order valence-electron chi connectivity index (χ0n) is 15.2. The summed E-state index contributed by atoms with van der Waals surface area (Å²) in [5.41, 5.74) is 1.87. The van der Waals surface area contributed by atoms with E-state index < -0.39 is 0 Å². The Morgan fingerprint density at radius 2 is 1.93 bits per heavy atom. The summed E-state index contributed by atoms with van der Waals surface area (Å²) in [5.74, 6) is 3.20. The van der Waals surface area contributed by atoms with Crippen LogP contribution in [0.15, 0.2) is 62.7 Å². The van der Waals surface area contributed by atoms with E-state index in [1.807, 2.05) is 60.1 Å². The molecule has 0 fully saturated rings. The number of aromatic nitrogens is 5. The normalized spacial score (nSPS) is 11.0. The molecule has 9 heteroatoms. The van der Waals surface area contributed by atoms with Crippen molar-refractivity contribution < 1.29 is 9.26 Å². The standard InChI is InChI=1S/C19H16BrN5O2S/c1-25-18(12-6-8-15(26-2)9-7-12)22-23-19(25)28-11-16-21-17(24-27-16)13-4-3-5-14(20)10-13/h3-10H,11H2,1-2H3. The van der Waals surface area contributed by atoms with E-state index in [9.17, 15) is 0 Å². The predicted octanol–water partition coefficient (Wildman–Crippen LogP) is 4.60. The van der Waals surface area contributed by atoms with Gasteiger partial charge in [0.15, 0.2) is 11.0 Å². The maximum atomic E-state index is 5.37. The Balaban J connectivity index is 1.46. The van der Waals surface area contributed by atoms with E-state index in [4.69, 9.17) is 9.26 Å². The van der Waals surface area contributed by atoms with Crippen molar-refractivity contribution >= 4 is 27.7 Å². The van der Waals surface area contributed by atoms with Gasteiger partial charge in [0.2, 0.25) is 11.7 Å². The lowest BCUT2D eigenvalue weighted by molar-refractivity contribution is 0.391. The third-order valence-electron chi connectivity index (χ3n) is 4.06. The van der Waals surface area contributed by atoms with Crippen molar-refractivity contribution in [3.63, 3.8) is 0 Å². The molecule has 0 aliphatic heterocycles. The van der Waals surface area contributed by atoms with Gasteiger partial charge in [-0.1, -0.05) is 45.0 Å². The number of halogens is 1. The Morgan fingerprint density at radius 3 is 2.68 bits per heavy atom. The average Bonchev–Trinajstić information content (AvgIpc) is 3.33. The van der Waals surface area contributed by atoms with Gasteiger partial charge in [-0.25, -0.2) is 0 Å². The lowest BCUT2D eigenvalue weighted by Gasteiger charge is -2.04. The first-order valence-electron chi connectivity index (χ1n) is 8.39. The Kier molecular flexibility index (Phi) is 5.45. The minimum atomic E-state index is 0.510. The van der Waals surface area contributed by atoms with Gasteiger partial charge in [-0.05, 0) is 36.4 Å². The van der Waals surface area contributed by atoms with Crippen LogP contribution >= 0.6 is 27.7 Å². The molecule has 0 radical (unpaired) electrons. The van der Waals surface area contributed by atoms with Gasteiger partial charge < -0.3 is 13.8 Å². The Morgan fingerprint density at radius 1 is 1.11 bits per heavy atom. The highest BCUT2D eigenvalue weighted by Gasteiger charge is 2.14. The fourth-order valence-corrected chi connectivity index (χ4v) is 3.76. The highest BCUT2D eigenvalue weighted by Crippen LogP contribution is 2.27. The van der Waals surface area contributed by atoms with Gasteiger partial charge in [0.05, 0.1) is 12.9 Å². The van der Waals surface area contributed by atoms with Crippen LogP contribution in [0.3, 0.4) is 0 Å². The highest BCUT2D eigenvalue weighted by atomic mass is 79.9. The Hall–Kier alpha value is -2.65. The number of hydrogen-bond acceptors (Lipinski definition) is 7. The first kappa shape index (κ1) is 18.7. The summed E-state index contributed by atoms with van der Waals surface area (Å²) in [7, 11) is 3.58. The first-order valence-corrected chi connectivity index (χ1v) is 10.2. The first-order chi connectivity index (χ1) is 13.6. The van der Waals surface area contributed by atoms with Crippen LogP contribution in [0, 0.1) is 0 Å². The SMILES string of the molecule is COc1ccc(-c2nnc(SCc3nc(-c4cccc(Br)c4)no3)n2C)cc1. The molecule has 2 heterocycles. The van der Waals surface area contributed by atoms with Crippen molar-refractivity contribution in [2.75, 3.05) is 7.11 Å². The second kappa shape index (κ2) is 8.15. The van der Waals surface area contributed by atoms with Crippen LogP contribution in [-0.4, -0.2) is 32.0 Å². The lowest BCUT2D eigenvalue weighted by atomic mass is 10.2. The molecule has 142 valence electrons. The highest BCUT2D eigenvalue weighted by molar-refractivity contribution is 9.10. The zero-order chi connectivity index (χ0) is 19.5. The summed E-state index contributed by atoms with van der Waals surface area (Å²) in [5, 5.41) is 13.4. The molecule has 0 aliphatic carbocycles. The monoisotopic (exact) mass is 457 g/mol. The van der Waals surface area contributed by atoms with E-state index >= 15 is 0 Å². The van der Waals surface area contributed by atoms with Crippen LogP contribution in [0.5, 0.6) is 5.75 Å². The molecule has 0 unspecified atom stereocenters. The zero-order valence-corrected chi connectivity index (χ0v) is 17.6. The molecule has 28 heavy (non-hydrogen) atoms. The molecule has 0 atom stereocenters. The average molecular weight is 458 g/mol. The maximum Gasteiger partial charge on any atom is 0.237 e. The van der Waals surface area contributed by atoms with Crippen molar-refractivity contribution in [2.45, 2.75) is 10.9 Å². The summed E-state index contributed by atoms with van der Waals surface area (Å²) >= 11 is 4.94. The predicted molar refractivity (Wildman–Crippen MR) is 110 cm³/mol. The van der Waals surface area contributed by atoms with Crippen LogP contribution in [0.1, 0.15) is 5.89 Å². The fourth-order valence-electron chi connectivity index (χ4n) is 2.62. The van der Waals surface area contributed by atoms with Gasteiger partial charge in [-0.2, -0.15) is 4.98 Å². The second-order valence-electron chi connectivity index (χ2n) is 5.90. The summed E-state index contributed by atoms with van der Waals surface area (Å²) in [6, 6.07) is 15.5. The number of methoxy groups -OCH3 is 1. The largest absolute Gasteiger partial charge is 0.497 e. The summed E-state index contributed by atoms with van der Waals surface area (Å²) < 4.78 is 13.5. The molecule has 0 spiro atoms. The van der Waals surface area contributed by atoms with Gasteiger partial charge in [0.1, 0.15) is 5.75 Å². The molecule has 2 aromatic heterocycles. The summed E-state index contributed by atoms with van der Waals surface area (Å²) in [6.45, 7) is 0. The number of hydrogen-bond donors (Lipinski definition) is 0. The van der Waals surface area contributed by atoms with Crippen molar-refractivity contribution in [3.8, 4) is 28.5 Å². The van der Waals surface area contributed by atoms with E-state index in [0.29, 0.717) is 17.5 Å². The molecule has 4 aromatic rings. The molecular formula is C19H16BrN5O2S. The number of thioether (sulfide) groups is 1. The maximum absolute atomic E-state index is 5.37. The van der Waals surface area contributed by atoms with E-state index in [-0.39, 0.29) is 0 Å². The van der Waals surface area contributed by atoms with Crippen LogP contribution in [0.4, 0.5) is 0 Å². The smallest absolute Gasteiger partial charge is 0.237 e. The number of nitrogens with zero attached hydrogens (tertiary/aromatic N) is 5. The van der Waals surface area contributed by atoms with Gasteiger partial charge in [-0.15, -0.1) is 10.2 Å². The molecule has 0 saturated carbocycles. The Labute approximate surface area is 174 Å². The third kappa shape index (κ3) is 3.95. The van der Waals surface area contributed by atoms with Crippen molar-refractivity contribution in [1.29, 1.82) is 0 Å². The lowest BCUT2D eigenvalue weighted by Crippen LogP contribution is -1.95. The number of ether oxygens (including phenoxy) is 1. The molecular weight excluding hydrogens is 442 g/mol. The molecule has 0 aliphatic rings. The van der Waals surface area contributed by atoms with E-state index in [1.54, 1.807) is 7.11 Å². The molecule has 0 N–H and O–H groups in total. The summed E-state index contributed by atoms with van der Waals surface area (Å²) in [4.78, 5) is 4.46. The minimum absolute atomic E-state index is 0.510. The topological polar surface area (TPSA) is 78.9 Å². The van der Waals surface area contributed by atoms with E-state index in [1.165, 1.54) is 11.8 Å². The van der Waals surface area contributed by atoms with Crippen LogP contribution in [0.2, 0.25) is 0 Å². The Bertz CT molecular complexity index is 1090. The van der Waals surface area contributed by atoms with Gasteiger partial charge in [0, 0.05) is 22.6 Å². The minimum Gasteiger partial charge on any atom is -0.497 e. The second-order valence-corrected chi connectivity index (χ2v) is 7.76. The van der Waals surface area contributed by atoms with Gasteiger partial charge in [0.25, 0.3) is 0 Å². The van der Waals surface area contributed by atoms with Gasteiger partial charge in [-0.3, -0.25) is 0 Å². The quantitative estimate of drug-likeness (QED) is 0.391. The van der Waals surface area contributed by atoms with Crippen LogP contribution in [-0.2, 0) is 12.8 Å². The van der Waals surface area contributed by atoms with Crippen molar-refractivity contribution in [3.05, 3.63) is 58.9 Å². The summed E-state index contributed by atoms with van der Waals surface area (Å²) in [6.07, 6.45) is 0. The number of rotatable bonds is 6. The van der Waals surface area contributed by atoms with Crippen molar-refractivity contribution in [2.24, 2.45) is 7.05 Å². The molecule has 0 saturated heterocycles. The molecule has 0 bridgehead atoms. The third-order valence-corrected chi connectivity index (χ3v) is 5.56. The van der Waals surface area contributed by atoms with Crippen LogP contribution < -0.4 is 4.74 Å². The van der Waals surface area contributed by atoms with E-state index in [0.717, 1.165) is 32.3 Å². The fraction of sp³-hybridized carbons (Fsp3) is 0.158. The van der Waals surface area contributed by atoms with Crippen LogP contribution in [0.25, 0.3) is 22.8 Å². The molecule has 2 aromatic carbocycles. The van der Waals surface area contributed by atoms with Gasteiger partial charge >= 0.3 is 0 Å². The molecule has 4 rings (SSSR count). The molecule has 7 nitrogen and oxygen atoms in total. The van der Waals surface area contributed by atoms with E-state index in [2.05, 4.69) is 36.3 Å². The number of benzene rings is 2.